The molecule has 0 radical (unpaired) electrons. The van der Waals surface area contributed by atoms with Gasteiger partial charge in [-0.15, -0.1) is 0 Å². The lowest BCUT2D eigenvalue weighted by molar-refractivity contribution is 0.0903. The predicted molar refractivity (Wildman–Crippen MR) is 78.4 cm³/mol. The molecule has 1 rings (SSSR count). The van der Waals surface area contributed by atoms with Crippen molar-refractivity contribution < 1.29 is 14.6 Å². The van der Waals surface area contributed by atoms with Crippen molar-refractivity contribution >= 4 is 21.8 Å². The van der Waals surface area contributed by atoms with E-state index >= 15 is 0 Å². The Labute approximate surface area is 122 Å². The second-order valence-electron chi connectivity index (χ2n) is 4.71. The first kappa shape index (κ1) is 16.0. The van der Waals surface area contributed by atoms with Gasteiger partial charge in [0.05, 0.1) is 12.2 Å². The van der Waals surface area contributed by atoms with E-state index in [0.29, 0.717) is 25.7 Å². The maximum absolute atomic E-state index is 11.8. The molecule has 0 saturated carbocycles. The highest BCUT2D eigenvalue weighted by atomic mass is 79.9. The van der Waals surface area contributed by atoms with E-state index in [2.05, 4.69) is 35.1 Å². The number of hydrogen-bond acceptors (Lipinski definition) is 3. The minimum atomic E-state index is -0.294. The van der Waals surface area contributed by atoms with Crippen LogP contribution in [0.15, 0.2) is 22.7 Å². The molecule has 0 heterocycles. The lowest BCUT2D eigenvalue weighted by atomic mass is 10.1. The number of nitrogens with one attached hydrogen (secondary N) is 1. The molecular weight excluding hydrogens is 310 g/mol. The molecule has 0 aliphatic heterocycles. The Morgan fingerprint density at radius 2 is 2.16 bits per heavy atom. The minimum Gasteiger partial charge on any atom is -0.507 e. The largest absolute Gasteiger partial charge is 0.507 e. The summed E-state index contributed by atoms with van der Waals surface area (Å²) in [6.45, 7) is 5.90. The molecule has 0 aromatic heterocycles. The Morgan fingerprint density at radius 1 is 1.42 bits per heavy atom. The van der Waals surface area contributed by atoms with E-state index in [1.165, 1.54) is 6.07 Å². The van der Waals surface area contributed by atoms with E-state index in [9.17, 15) is 9.90 Å². The lowest BCUT2D eigenvalue weighted by Crippen LogP contribution is -2.27. The van der Waals surface area contributed by atoms with Crippen molar-refractivity contribution in [3.63, 3.8) is 0 Å². The molecule has 4 nitrogen and oxygen atoms in total. The molecule has 1 aromatic carbocycles. The van der Waals surface area contributed by atoms with Crippen LogP contribution in [-0.2, 0) is 4.74 Å². The van der Waals surface area contributed by atoms with Gasteiger partial charge in [0.2, 0.25) is 0 Å². The van der Waals surface area contributed by atoms with Gasteiger partial charge >= 0.3 is 0 Å². The van der Waals surface area contributed by atoms with Crippen LogP contribution in [0.5, 0.6) is 5.75 Å². The molecular formula is C14H20BrNO3. The normalized spacial score (nSPS) is 10.7. The van der Waals surface area contributed by atoms with E-state index in [1.54, 1.807) is 12.1 Å². The van der Waals surface area contributed by atoms with Crippen molar-refractivity contribution in [3.05, 3.63) is 28.2 Å². The van der Waals surface area contributed by atoms with Crippen LogP contribution in [0.1, 0.15) is 30.6 Å². The number of phenols is 1. The van der Waals surface area contributed by atoms with Crippen LogP contribution in [0, 0.1) is 5.92 Å². The third-order valence-corrected chi connectivity index (χ3v) is 3.07. The van der Waals surface area contributed by atoms with E-state index in [0.717, 1.165) is 10.9 Å². The highest BCUT2D eigenvalue weighted by Gasteiger charge is 2.10. The fourth-order valence-corrected chi connectivity index (χ4v) is 1.80. The molecule has 19 heavy (non-hydrogen) atoms. The molecule has 0 spiro atoms. The second kappa shape index (κ2) is 8.17. The van der Waals surface area contributed by atoms with Crippen molar-refractivity contribution in [1.29, 1.82) is 0 Å². The fraction of sp³-hybridized carbons (Fsp3) is 0.500. The number of halogens is 1. The average molecular weight is 330 g/mol. The molecule has 0 fully saturated rings. The van der Waals surface area contributed by atoms with E-state index in [1.807, 2.05) is 0 Å². The molecule has 0 saturated heterocycles. The van der Waals surface area contributed by atoms with Crippen LogP contribution in [0.4, 0.5) is 0 Å². The summed E-state index contributed by atoms with van der Waals surface area (Å²) in [4.78, 5) is 11.8. The molecule has 1 aromatic rings. The smallest absolute Gasteiger partial charge is 0.255 e. The highest BCUT2D eigenvalue weighted by Crippen LogP contribution is 2.21. The molecule has 1 amide bonds. The number of carbonyl (C=O) groups excluding carboxylic acids is 1. The molecule has 5 heteroatoms. The first-order valence-corrected chi connectivity index (χ1v) is 7.14. The zero-order chi connectivity index (χ0) is 14.3. The van der Waals surface area contributed by atoms with Crippen LogP contribution in [0.25, 0.3) is 0 Å². The van der Waals surface area contributed by atoms with Crippen LogP contribution in [0.2, 0.25) is 0 Å². The molecule has 0 aliphatic rings. The molecule has 0 atom stereocenters. The Hall–Kier alpha value is -1.07. The summed E-state index contributed by atoms with van der Waals surface area (Å²) in [6.07, 6.45) is 1.02. The Kier molecular flexibility index (Phi) is 6.87. The topological polar surface area (TPSA) is 58.6 Å². The first-order chi connectivity index (χ1) is 9.00. The van der Waals surface area contributed by atoms with E-state index in [-0.39, 0.29) is 17.2 Å². The summed E-state index contributed by atoms with van der Waals surface area (Å²) >= 11 is 3.23. The summed E-state index contributed by atoms with van der Waals surface area (Å²) in [7, 11) is 0. The Balaban J connectivity index is 2.28. The van der Waals surface area contributed by atoms with E-state index < -0.39 is 0 Å². The predicted octanol–water partition coefficient (Wildman–Crippen LogP) is 2.95. The number of rotatable bonds is 7. The molecule has 0 aliphatic carbocycles. The van der Waals surface area contributed by atoms with Gasteiger partial charge in [0.25, 0.3) is 5.91 Å². The van der Waals surface area contributed by atoms with Crippen molar-refractivity contribution in [3.8, 4) is 5.75 Å². The van der Waals surface area contributed by atoms with Crippen LogP contribution >= 0.6 is 15.9 Å². The first-order valence-electron chi connectivity index (χ1n) is 6.35. The highest BCUT2D eigenvalue weighted by molar-refractivity contribution is 9.10. The SMILES string of the molecule is CC(C)CCOCCNC(=O)c1ccc(Br)cc1O. The summed E-state index contributed by atoms with van der Waals surface area (Å²) < 4.78 is 6.13. The fourth-order valence-electron chi connectivity index (χ4n) is 1.45. The van der Waals surface area contributed by atoms with Gasteiger partial charge in [-0.1, -0.05) is 29.8 Å². The second-order valence-corrected chi connectivity index (χ2v) is 5.63. The van der Waals surface area contributed by atoms with Gasteiger partial charge in [0.1, 0.15) is 5.75 Å². The maximum atomic E-state index is 11.8. The number of aromatic hydroxyl groups is 1. The third kappa shape index (κ3) is 6.07. The Bertz CT molecular complexity index is 421. The van der Waals surface area contributed by atoms with Crippen LogP contribution in [0.3, 0.4) is 0 Å². The minimum absolute atomic E-state index is 0.0346. The summed E-state index contributed by atoms with van der Waals surface area (Å²) in [6, 6.07) is 4.79. The van der Waals surface area contributed by atoms with Gasteiger partial charge in [0, 0.05) is 17.6 Å². The van der Waals surface area contributed by atoms with Crippen molar-refractivity contribution in [2.45, 2.75) is 20.3 Å². The molecule has 0 unspecified atom stereocenters. The summed E-state index contributed by atoms with van der Waals surface area (Å²) in [5.41, 5.74) is 0.269. The quantitative estimate of drug-likeness (QED) is 0.756. The molecule has 2 N–H and O–H groups in total. The van der Waals surface area contributed by atoms with E-state index in [4.69, 9.17) is 4.74 Å². The summed E-state index contributed by atoms with van der Waals surface area (Å²) in [5, 5.41) is 12.3. The van der Waals surface area contributed by atoms with Crippen molar-refractivity contribution in [2.24, 2.45) is 5.92 Å². The van der Waals surface area contributed by atoms with Gasteiger partial charge in [-0.2, -0.15) is 0 Å². The Morgan fingerprint density at radius 3 is 2.79 bits per heavy atom. The number of ether oxygens (including phenoxy) is 1. The van der Waals surface area contributed by atoms with Crippen molar-refractivity contribution in [1.82, 2.24) is 5.32 Å². The molecule has 106 valence electrons. The van der Waals surface area contributed by atoms with Crippen LogP contribution in [-0.4, -0.2) is 30.8 Å². The number of amides is 1. The van der Waals surface area contributed by atoms with Crippen molar-refractivity contribution in [2.75, 3.05) is 19.8 Å². The lowest BCUT2D eigenvalue weighted by Gasteiger charge is -2.08. The number of hydrogen-bond donors (Lipinski definition) is 2. The number of carbonyl (C=O) groups is 1. The zero-order valence-electron chi connectivity index (χ0n) is 11.3. The molecule has 0 bridgehead atoms. The van der Waals surface area contributed by atoms with Gasteiger partial charge < -0.3 is 15.2 Å². The number of benzene rings is 1. The van der Waals surface area contributed by atoms with Gasteiger partial charge in [-0.05, 0) is 30.5 Å². The number of phenolic OH excluding ortho intramolecular Hbond substituents is 1. The van der Waals surface area contributed by atoms with Crippen LogP contribution < -0.4 is 5.32 Å². The summed E-state index contributed by atoms with van der Waals surface area (Å²) in [5.74, 6) is 0.291. The third-order valence-electron chi connectivity index (χ3n) is 2.58. The van der Waals surface area contributed by atoms with Gasteiger partial charge in [0.15, 0.2) is 0 Å². The zero-order valence-corrected chi connectivity index (χ0v) is 12.9. The average Bonchev–Trinajstić information content (AvgIpc) is 2.32. The van der Waals surface area contributed by atoms with Gasteiger partial charge in [-0.25, -0.2) is 0 Å². The standard InChI is InChI=1S/C14H20BrNO3/c1-10(2)5-7-19-8-6-16-14(18)12-4-3-11(15)9-13(12)17/h3-4,9-10,17H,5-8H2,1-2H3,(H,16,18). The monoisotopic (exact) mass is 329 g/mol. The maximum Gasteiger partial charge on any atom is 0.255 e. The van der Waals surface area contributed by atoms with Gasteiger partial charge in [-0.3, -0.25) is 4.79 Å².